The molecule has 0 saturated heterocycles. The predicted octanol–water partition coefficient (Wildman–Crippen LogP) is 5.90. The van der Waals surface area contributed by atoms with E-state index >= 15 is 0 Å². The van der Waals surface area contributed by atoms with Crippen LogP contribution in [0.15, 0.2) is 47.3 Å². The van der Waals surface area contributed by atoms with Gasteiger partial charge in [-0.1, -0.05) is 31.5 Å². The van der Waals surface area contributed by atoms with E-state index in [2.05, 4.69) is 59.2 Å². The normalized spacial score (nSPS) is 12.6. The average molecular weight is 325 g/mol. The molecule has 0 radical (unpaired) electrons. The topological polar surface area (TPSA) is 32.9 Å². The van der Waals surface area contributed by atoms with Gasteiger partial charge in [0.1, 0.15) is 5.78 Å². The van der Waals surface area contributed by atoms with Crippen LogP contribution in [0.1, 0.15) is 56.1 Å². The molecular formula is C20H23NOS. The summed E-state index contributed by atoms with van der Waals surface area (Å²) in [6.07, 6.45) is 6.49. The van der Waals surface area contributed by atoms with Crippen molar-refractivity contribution in [3.8, 4) is 0 Å². The second-order valence-corrected chi connectivity index (χ2v) is 6.86. The van der Waals surface area contributed by atoms with Crippen molar-refractivity contribution in [3.63, 3.8) is 0 Å². The van der Waals surface area contributed by atoms with Crippen molar-refractivity contribution >= 4 is 28.0 Å². The molecule has 1 aromatic carbocycles. The lowest BCUT2D eigenvalue weighted by atomic mass is 9.88. The largest absolute Gasteiger partial charge is 0.361 e. The number of hydrogen-bond donors (Lipinski definition) is 1. The van der Waals surface area contributed by atoms with Crippen LogP contribution < -0.4 is 0 Å². The van der Waals surface area contributed by atoms with Crippen molar-refractivity contribution < 1.29 is 4.79 Å². The van der Waals surface area contributed by atoms with E-state index in [4.69, 9.17) is 0 Å². The fraction of sp³-hybridized carbons (Fsp3) is 0.350. The molecule has 120 valence electrons. The number of para-hydroxylation sites is 1. The molecule has 2 nitrogen and oxygen atoms in total. The Kier molecular flexibility index (Phi) is 5.29. The molecule has 0 aliphatic heterocycles. The lowest BCUT2D eigenvalue weighted by Gasteiger charge is -2.15. The summed E-state index contributed by atoms with van der Waals surface area (Å²) in [5.41, 5.74) is 3.80. The van der Waals surface area contributed by atoms with Crippen LogP contribution in [-0.4, -0.2) is 10.8 Å². The summed E-state index contributed by atoms with van der Waals surface area (Å²) in [4.78, 5) is 15.5. The minimum absolute atomic E-state index is 0.294. The first-order valence-corrected chi connectivity index (χ1v) is 9.33. The van der Waals surface area contributed by atoms with Crippen molar-refractivity contribution in [3.05, 3.63) is 58.4 Å². The van der Waals surface area contributed by atoms with Crippen molar-refractivity contribution in [1.82, 2.24) is 4.98 Å². The van der Waals surface area contributed by atoms with Crippen LogP contribution in [0.4, 0.5) is 0 Å². The number of ketones is 1. The number of fused-ring (bicyclic) bond motifs is 1. The van der Waals surface area contributed by atoms with Gasteiger partial charge in [-0.25, -0.2) is 0 Å². The molecule has 3 heteroatoms. The van der Waals surface area contributed by atoms with Gasteiger partial charge in [-0.05, 0) is 46.9 Å². The Morgan fingerprint density at radius 2 is 2.09 bits per heavy atom. The van der Waals surface area contributed by atoms with Gasteiger partial charge in [-0.15, -0.1) is 0 Å². The van der Waals surface area contributed by atoms with Gasteiger partial charge in [-0.3, -0.25) is 4.79 Å². The molecule has 2 heterocycles. The maximum absolute atomic E-state index is 12.1. The second kappa shape index (κ2) is 7.60. The van der Waals surface area contributed by atoms with Gasteiger partial charge in [0, 0.05) is 35.9 Å². The standard InChI is InChI=1S/C20H23NOS/c1-2-3-6-16(22)9-10-17(15-11-12-23-14-15)19-13-21-20-8-5-4-7-18(19)20/h4-5,7-8,11-14,17,21H,2-3,6,9-10H2,1H3. The Balaban J connectivity index is 1.83. The zero-order chi connectivity index (χ0) is 16.1. The van der Waals surface area contributed by atoms with E-state index in [0.29, 0.717) is 18.1 Å². The molecule has 3 aromatic rings. The average Bonchev–Trinajstić information content (AvgIpc) is 3.24. The van der Waals surface area contributed by atoms with Crippen LogP contribution >= 0.6 is 11.3 Å². The lowest BCUT2D eigenvalue weighted by molar-refractivity contribution is -0.119. The molecule has 3 rings (SSSR count). The third-order valence-corrected chi connectivity index (χ3v) is 5.16. The molecule has 0 fully saturated rings. The van der Waals surface area contributed by atoms with Crippen molar-refractivity contribution in [1.29, 1.82) is 0 Å². The SMILES string of the molecule is CCCCC(=O)CCC(c1ccsc1)c1c[nH]c2ccccc12. The molecule has 0 spiro atoms. The molecule has 0 aliphatic rings. The number of hydrogen-bond acceptors (Lipinski definition) is 2. The van der Waals surface area contributed by atoms with Crippen molar-refractivity contribution in [2.24, 2.45) is 0 Å². The number of thiophene rings is 1. The fourth-order valence-electron chi connectivity index (χ4n) is 3.16. The molecule has 0 bridgehead atoms. The van der Waals surface area contributed by atoms with E-state index in [9.17, 15) is 4.79 Å². The number of aromatic amines is 1. The minimum Gasteiger partial charge on any atom is -0.361 e. The maximum Gasteiger partial charge on any atom is 0.132 e. The smallest absolute Gasteiger partial charge is 0.132 e. The highest BCUT2D eigenvalue weighted by atomic mass is 32.1. The Morgan fingerprint density at radius 1 is 1.22 bits per heavy atom. The molecule has 1 unspecified atom stereocenters. The van der Waals surface area contributed by atoms with Crippen LogP contribution in [0.2, 0.25) is 0 Å². The van der Waals surface area contributed by atoms with E-state index in [1.54, 1.807) is 11.3 Å². The Bertz CT molecular complexity index is 757. The van der Waals surface area contributed by atoms with Gasteiger partial charge < -0.3 is 4.98 Å². The van der Waals surface area contributed by atoms with Crippen LogP contribution in [0.3, 0.4) is 0 Å². The number of H-pyrrole nitrogens is 1. The lowest BCUT2D eigenvalue weighted by Crippen LogP contribution is -2.04. The van der Waals surface area contributed by atoms with E-state index < -0.39 is 0 Å². The summed E-state index contributed by atoms with van der Waals surface area (Å²) in [7, 11) is 0. The summed E-state index contributed by atoms with van der Waals surface area (Å²) in [6, 6.07) is 10.6. The molecule has 0 aliphatic carbocycles. The molecular weight excluding hydrogens is 302 g/mol. The number of benzene rings is 1. The van der Waals surface area contributed by atoms with Gasteiger partial charge in [0.15, 0.2) is 0 Å². The number of nitrogens with one attached hydrogen (secondary N) is 1. The van der Waals surface area contributed by atoms with E-state index in [1.807, 2.05) is 0 Å². The Hall–Kier alpha value is -1.87. The fourth-order valence-corrected chi connectivity index (χ4v) is 3.88. The Labute approximate surface area is 141 Å². The van der Waals surface area contributed by atoms with E-state index in [1.165, 1.54) is 22.0 Å². The quantitative estimate of drug-likeness (QED) is 0.549. The number of carbonyl (C=O) groups excluding carboxylic acids is 1. The molecule has 1 atom stereocenters. The number of carbonyl (C=O) groups is 1. The summed E-state index contributed by atoms with van der Waals surface area (Å²) >= 11 is 1.72. The zero-order valence-electron chi connectivity index (χ0n) is 13.5. The first-order valence-electron chi connectivity index (χ1n) is 8.39. The van der Waals surface area contributed by atoms with Crippen LogP contribution in [-0.2, 0) is 4.79 Å². The summed E-state index contributed by atoms with van der Waals surface area (Å²) in [5.74, 6) is 0.690. The number of Topliss-reactive ketones (excluding diaryl/α,β-unsaturated/α-hetero) is 1. The molecule has 0 amide bonds. The zero-order valence-corrected chi connectivity index (χ0v) is 14.4. The molecule has 1 N–H and O–H groups in total. The third kappa shape index (κ3) is 3.73. The number of rotatable bonds is 8. The van der Waals surface area contributed by atoms with E-state index in [-0.39, 0.29) is 0 Å². The molecule has 0 saturated carbocycles. The Morgan fingerprint density at radius 3 is 2.87 bits per heavy atom. The van der Waals surface area contributed by atoms with Gasteiger partial charge in [0.2, 0.25) is 0 Å². The van der Waals surface area contributed by atoms with Crippen molar-refractivity contribution in [2.75, 3.05) is 0 Å². The monoisotopic (exact) mass is 325 g/mol. The molecule has 2 aromatic heterocycles. The number of aromatic nitrogens is 1. The first kappa shape index (κ1) is 16.0. The van der Waals surface area contributed by atoms with Gasteiger partial charge in [0.05, 0.1) is 0 Å². The highest BCUT2D eigenvalue weighted by molar-refractivity contribution is 7.08. The maximum atomic E-state index is 12.1. The van der Waals surface area contributed by atoms with Gasteiger partial charge in [-0.2, -0.15) is 11.3 Å². The predicted molar refractivity (Wildman–Crippen MR) is 98.2 cm³/mol. The minimum atomic E-state index is 0.294. The van der Waals surface area contributed by atoms with E-state index in [0.717, 1.165) is 25.7 Å². The summed E-state index contributed by atoms with van der Waals surface area (Å²) in [6.45, 7) is 2.13. The highest BCUT2D eigenvalue weighted by Gasteiger charge is 2.19. The van der Waals surface area contributed by atoms with Gasteiger partial charge in [0.25, 0.3) is 0 Å². The van der Waals surface area contributed by atoms with Crippen LogP contribution in [0.5, 0.6) is 0 Å². The molecule has 23 heavy (non-hydrogen) atoms. The summed E-state index contributed by atoms with van der Waals surface area (Å²) in [5, 5.41) is 5.60. The summed E-state index contributed by atoms with van der Waals surface area (Å²) < 4.78 is 0. The third-order valence-electron chi connectivity index (χ3n) is 4.46. The van der Waals surface area contributed by atoms with Crippen LogP contribution in [0, 0.1) is 0 Å². The highest BCUT2D eigenvalue weighted by Crippen LogP contribution is 2.35. The van der Waals surface area contributed by atoms with Gasteiger partial charge >= 0.3 is 0 Å². The first-order chi connectivity index (χ1) is 11.3. The number of unbranched alkanes of at least 4 members (excludes halogenated alkanes) is 1. The second-order valence-electron chi connectivity index (χ2n) is 6.08. The van der Waals surface area contributed by atoms with Crippen molar-refractivity contribution in [2.45, 2.75) is 44.9 Å². The van der Waals surface area contributed by atoms with Crippen LogP contribution in [0.25, 0.3) is 10.9 Å².